The van der Waals surface area contributed by atoms with E-state index in [1.165, 1.54) is 19.3 Å². The van der Waals surface area contributed by atoms with Crippen molar-refractivity contribution in [3.63, 3.8) is 0 Å². The smallest absolute Gasteiger partial charge is 0.240 e. The van der Waals surface area contributed by atoms with Crippen LogP contribution in [-0.2, 0) is 19.6 Å². The normalized spacial score (nSPS) is 25.5. The molecule has 0 aliphatic heterocycles. The standard InChI is InChI=1S/C20H30N2O4S/c1-14(19-13-15-5-6-16(19)12-15)22-27(24,25)18-9-7-17(8-10-18)21-20(23)4-3-11-26-2/h7-10,14-16,19,22H,3-6,11-13H2,1-2H3,(H,21,23)/t14-,15-,16-,19+/m0/s1. The van der Waals surface area contributed by atoms with Gasteiger partial charge in [0.2, 0.25) is 15.9 Å². The van der Waals surface area contributed by atoms with Crippen LogP contribution in [0.2, 0.25) is 0 Å². The third-order valence-corrected chi connectivity index (χ3v) is 7.55. The molecule has 0 saturated heterocycles. The number of fused-ring (bicyclic) bond motifs is 2. The molecule has 4 atom stereocenters. The van der Waals surface area contributed by atoms with Crippen LogP contribution in [0.5, 0.6) is 0 Å². The molecule has 150 valence electrons. The van der Waals surface area contributed by atoms with E-state index in [4.69, 9.17) is 4.74 Å². The number of amides is 1. The minimum absolute atomic E-state index is 0.0505. The van der Waals surface area contributed by atoms with Crippen molar-refractivity contribution in [2.45, 2.75) is 56.4 Å². The van der Waals surface area contributed by atoms with Gasteiger partial charge in [0.05, 0.1) is 4.90 Å². The SMILES string of the molecule is COCCCC(=O)Nc1ccc(S(=O)(=O)N[C@@H](C)[C@H]2C[C@H]3CC[C@H]2C3)cc1. The van der Waals surface area contributed by atoms with E-state index in [-0.39, 0.29) is 16.8 Å². The maximum atomic E-state index is 12.7. The Morgan fingerprint density at radius 3 is 2.56 bits per heavy atom. The summed E-state index contributed by atoms with van der Waals surface area (Å²) in [6.07, 6.45) is 5.97. The van der Waals surface area contributed by atoms with Gasteiger partial charge >= 0.3 is 0 Å². The van der Waals surface area contributed by atoms with Gasteiger partial charge in [-0.3, -0.25) is 4.79 Å². The van der Waals surface area contributed by atoms with Crippen molar-refractivity contribution in [1.82, 2.24) is 4.72 Å². The molecule has 2 saturated carbocycles. The van der Waals surface area contributed by atoms with E-state index >= 15 is 0 Å². The van der Waals surface area contributed by atoms with Crippen LogP contribution >= 0.6 is 0 Å². The summed E-state index contributed by atoms with van der Waals surface area (Å²) >= 11 is 0. The molecule has 0 radical (unpaired) electrons. The summed E-state index contributed by atoms with van der Waals surface area (Å²) in [5, 5.41) is 2.77. The number of hydrogen-bond acceptors (Lipinski definition) is 4. The van der Waals surface area contributed by atoms with Gasteiger partial charge < -0.3 is 10.1 Å². The van der Waals surface area contributed by atoms with Crippen LogP contribution in [0.4, 0.5) is 5.69 Å². The van der Waals surface area contributed by atoms with Gasteiger partial charge in [0.1, 0.15) is 0 Å². The van der Waals surface area contributed by atoms with Gasteiger partial charge in [-0.15, -0.1) is 0 Å². The summed E-state index contributed by atoms with van der Waals surface area (Å²) in [7, 11) is -1.96. The molecule has 2 aliphatic rings. The van der Waals surface area contributed by atoms with Crippen LogP contribution in [0.3, 0.4) is 0 Å². The lowest BCUT2D eigenvalue weighted by molar-refractivity contribution is -0.116. The molecule has 1 amide bonds. The first-order chi connectivity index (χ1) is 12.9. The Kier molecular flexibility index (Phi) is 6.55. The number of benzene rings is 1. The predicted octanol–water partition coefficient (Wildman–Crippen LogP) is 3.15. The maximum absolute atomic E-state index is 12.7. The van der Waals surface area contributed by atoms with Gasteiger partial charge in [-0.05, 0) is 74.6 Å². The summed E-state index contributed by atoms with van der Waals surface area (Å²) in [5.41, 5.74) is 0.595. The average molecular weight is 395 g/mol. The molecule has 0 spiro atoms. The van der Waals surface area contributed by atoms with E-state index < -0.39 is 10.0 Å². The number of nitrogens with one attached hydrogen (secondary N) is 2. The van der Waals surface area contributed by atoms with Crippen molar-refractivity contribution in [3.05, 3.63) is 24.3 Å². The molecule has 0 heterocycles. The number of sulfonamides is 1. The van der Waals surface area contributed by atoms with Crippen LogP contribution in [0, 0.1) is 17.8 Å². The fourth-order valence-electron chi connectivity index (χ4n) is 4.62. The summed E-state index contributed by atoms with van der Waals surface area (Å²) < 4.78 is 33.2. The lowest BCUT2D eigenvalue weighted by Crippen LogP contribution is -2.40. The Hall–Kier alpha value is -1.44. The molecule has 6 nitrogen and oxygen atoms in total. The van der Waals surface area contributed by atoms with E-state index in [2.05, 4.69) is 10.0 Å². The van der Waals surface area contributed by atoms with Gasteiger partial charge in [-0.1, -0.05) is 6.42 Å². The van der Waals surface area contributed by atoms with Crippen molar-refractivity contribution in [2.75, 3.05) is 19.0 Å². The lowest BCUT2D eigenvalue weighted by Gasteiger charge is -2.28. The van der Waals surface area contributed by atoms with Crippen LogP contribution < -0.4 is 10.0 Å². The molecule has 27 heavy (non-hydrogen) atoms. The van der Waals surface area contributed by atoms with Crippen molar-refractivity contribution < 1.29 is 17.9 Å². The number of methoxy groups -OCH3 is 1. The number of ether oxygens (including phenoxy) is 1. The average Bonchev–Trinajstić information content (AvgIpc) is 3.25. The maximum Gasteiger partial charge on any atom is 0.240 e. The number of hydrogen-bond donors (Lipinski definition) is 2. The number of carbonyl (C=O) groups is 1. The summed E-state index contributed by atoms with van der Waals surface area (Å²) in [6, 6.07) is 6.29. The number of carbonyl (C=O) groups excluding carboxylic acids is 1. The zero-order chi connectivity index (χ0) is 19.4. The van der Waals surface area contributed by atoms with Crippen molar-refractivity contribution in [1.29, 1.82) is 0 Å². The van der Waals surface area contributed by atoms with Crippen molar-refractivity contribution in [2.24, 2.45) is 17.8 Å². The highest BCUT2D eigenvalue weighted by Crippen LogP contribution is 2.49. The Bertz CT molecular complexity index is 748. The highest BCUT2D eigenvalue weighted by molar-refractivity contribution is 7.89. The lowest BCUT2D eigenvalue weighted by atomic mass is 9.84. The molecule has 0 aromatic heterocycles. The van der Waals surface area contributed by atoms with Gasteiger partial charge in [-0.25, -0.2) is 13.1 Å². The second kappa shape index (κ2) is 8.71. The number of anilines is 1. The summed E-state index contributed by atoms with van der Waals surface area (Å²) in [5.74, 6) is 1.80. The summed E-state index contributed by atoms with van der Waals surface area (Å²) in [6.45, 7) is 2.52. The van der Waals surface area contributed by atoms with E-state index in [9.17, 15) is 13.2 Å². The fraction of sp³-hybridized carbons (Fsp3) is 0.650. The van der Waals surface area contributed by atoms with E-state index in [1.54, 1.807) is 31.4 Å². The first kappa shape index (κ1) is 20.3. The monoisotopic (exact) mass is 394 g/mol. The molecular weight excluding hydrogens is 364 g/mol. The van der Waals surface area contributed by atoms with E-state index in [0.717, 1.165) is 12.3 Å². The third-order valence-electron chi connectivity index (χ3n) is 5.98. The molecular formula is C20H30N2O4S. The van der Waals surface area contributed by atoms with Gasteiger partial charge in [0.25, 0.3) is 0 Å². The Morgan fingerprint density at radius 1 is 1.22 bits per heavy atom. The molecule has 3 rings (SSSR count). The van der Waals surface area contributed by atoms with Crippen LogP contribution in [0.25, 0.3) is 0 Å². The Morgan fingerprint density at radius 2 is 1.96 bits per heavy atom. The first-order valence-corrected chi connectivity index (χ1v) is 11.3. The Labute approximate surface area is 162 Å². The first-order valence-electron chi connectivity index (χ1n) is 9.80. The fourth-order valence-corrected chi connectivity index (χ4v) is 5.92. The molecule has 2 fully saturated rings. The molecule has 2 bridgehead atoms. The highest BCUT2D eigenvalue weighted by atomic mass is 32.2. The van der Waals surface area contributed by atoms with Crippen LogP contribution in [-0.4, -0.2) is 34.1 Å². The second-order valence-corrected chi connectivity index (χ2v) is 9.63. The van der Waals surface area contributed by atoms with E-state index in [0.29, 0.717) is 37.0 Å². The van der Waals surface area contributed by atoms with Crippen molar-refractivity contribution in [3.8, 4) is 0 Å². The topological polar surface area (TPSA) is 84.5 Å². The zero-order valence-electron chi connectivity index (χ0n) is 16.1. The second-order valence-electron chi connectivity index (χ2n) is 7.92. The molecule has 1 aromatic carbocycles. The molecule has 2 N–H and O–H groups in total. The van der Waals surface area contributed by atoms with Gasteiger partial charge in [0.15, 0.2) is 0 Å². The minimum Gasteiger partial charge on any atom is -0.385 e. The van der Waals surface area contributed by atoms with Gasteiger partial charge in [-0.2, -0.15) is 0 Å². The zero-order valence-corrected chi connectivity index (χ0v) is 16.9. The highest BCUT2D eigenvalue weighted by Gasteiger charge is 2.42. The number of rotatable bonds is 9. The molecule has 1 aromatic rings. The molecule has 7 heteroatoms. The Balaban J connectivity index is 1.56. The molecule has 0 unspecified atom stereocenters. The van der Waals surface area contributed by atoms with Crippen LogP contribution in [0.1, 0.15) is 45.4 Å². The largest absolute Gasteiger partial charge is 0.385 e. The van der Waals surface area contributed by atoms with Gasteiger partial charge in [0, 0.05) is 31.9 Å². The van der Waals surface area contributed by atoms with Crippen molar-refractivity contribution >= 4 is 21.6 Å². The quantitative estimate of drug-likeness (QED) is 0.630. The minimum atomic E-state index is -3.56. The predicted molar refractivity (Wildman–Crippen MR) is 105 cm³/mol. The van der Waals surface area contributed by atoms with E-state index in [1.807, 2.05) is 6.92 Å². The van der Waals surface area contributed by atoms with Crippen LogP contribution in [0.15, 0.2) is 29.2 Å². The molecule has 2 aliphatic carbocycles. The summed E-state index contributed by atoms with van der Waals surface area (Å²) in [4.78, 5) is 12.1. The third kappa shape index (κ3) is 5.09.